The zero-order valence-corrected chi connectivity index (χ0v) is 23.7. The fourth-order valence-electron chi connectivity index (χ4n) is 5.53. The summed E-state index contributed by atoms with van der Waals surface area (Å²) in [6, 6.07) is 14.1. The van der Waals surface area contributed by atoms with Crippen LogP contribution in [0, 0.1) is 13.8 Å². The van der Waals surface area contributed by atoms with Crippen LogP contribution >= 0.6 is 0 Å². The molecule has 1 atom stereocenters. The molecule has 1 aromatic heterocycles. The molecule has 4 aromatic rings. The van der Waals surface area contributed by atoms with Crippen LogP contribution in [0.1, 0.15) is 70.6 Å². The summed E-state index contributed by atoms with van der Waals surface area (Å²) < 4.78 is 28.9. The minimum atomic E-state index is -0.687. The number of hydrogen-bond acceptors (Lipinski definition) is 7. The Balaban J connectivity index is 1.46. The fraction of sp³-hybridized carbons (Fsp3) is 0.333. The van der Waals surface area contributed by atoms with E-state index in [0.717, 1.165) is 41.5 Å². The lowest BCUT2D eigenvalue weighted by Gasteiger charge is -2.26. The highest BCUT2D eigenvalue weighted by Crippen LogP contribution is 2.42. The normalized spacial score (nSPS) is 15.5. The van der Waals surface area contributed by atoms with Crippen LogP contribution < -0.4 is 24.4 Å². The number of ether oxygens (including phenoxy) is 4. The van der Waals surface area contributed by atoms with Crippen molar-refractivity contribution >= 4 is 16.9 Å². The number of benzene rings is 3. The van der Waals surface area contributed by atoms with Crippen LogP contribution in [-0.2, 0) is 6.54 Å². The van der Waals surface area contributed by atoms with E-state index in [-0.39, 0.29) is 30.4 Å². The monoisotopic (exact) mass is 555 g/mol. The minimum Gasteiger partial charge on any atom is -0.493 e. The first-order valence-electron chi connectivity index (χ1n) is 14.0. The molecule has 1 unspecified atom stereocenters. The number of aryl methyl sites for hydroxylation is 2. The largest absolute Gasteiger partial charge is 0.493 e. The van der Waals surface area contributed by atoms with E-state index in [1.807, 2.05) is 62.4 Å². The molecular formula is C33H33NO7. The molecule has 0 aliphatic carbocycles. The lowest BCUT2D eigenvalue weighted by atomic mass is 9.97. The lowest BCUT2D eigenvalue weighted by molar-refractivity contribution is 0.0714. The maximum atomic E-state index is 14.1. The Morgan fingerprint density at radius 3 is 2.54 bits per heavy atom. The van der Waals surface area contributed by atoms with Crippen LogP contribution in [0.15, 0.2) is 57.7 Å². The van der Waals surface area contributed by atoms with Gasteiger partial charge in [-0.05, 0) is 78.9 Å². The molecule has 0 N–H and O–H groups in total. The molecule has 212 valence electrons. The average Bonchev–Trinajstić information content (AvgIpc) is 3.55. The molecule has 8 nitrogen and oxygen atoms in total. The topological polar surface area (TPSA) is 87.4 Å². The van der Waals surface area contributed by atoms with Crippen LogP contribution in [0.2, 0.25) is 0 Å². The maximum absolute atomic E-state index is 14.1. The Morgan fingerprint density at radius 2 is 1.73 bits per heavy atom. The SMILES string of the molecule is CCCCCOc1ccc(C2c3c(oc4cc(C)c(C)cc4c3=O)C(=O)N2Cc2ccc3c(c2)OCO3)cc1OC. The molecule has 0 saturated heterocycles. The molecule has 0 radical (unpaired) electrons. The van der Waals surface area contributed by atoms with Gasteiger partial charge in [0.15, 0.2) is 28.4 Å². The summed E-state index contributed by atoms with van der Waals surface area (Å²) in [6.45, 7) is 7.03. The van der Waals surface area contributed by atoms with Gasteiger partial charge in [-0.25, -0.2) is 0 Å². The molecule has 0 spiro atoms. The quantitative estimate of drug-likeness (QED) is 0.219. The molecule has 6 rings (SSSR count). The average molecular weight is 556 g/mol. The van der Waals surface area contributed by atoms with Gasteiger partial charge in [-0.2, -0.15) is 0 Å². The molecule has 8 heteroatoms. The Labute approximate surface area is 238 Å². The van der Waals surface area contributed by atoms with Crippen LogP contribution in [0.4, 0.5) is 0 Å². The highest BCUT2D eigenvalue weighted by molar-refractivity contribution is 5.99. The van der Waals surface area contributed by atoms with E-state index in [1.165, 1.54) is 0 Å². The fourth-order valence-corrected chi connectivity index (χ4v) is 5.53. The first kappa shape index (κ1) is 26.7. The summed E-state index contributed by atoms with van der Waals surface area (Å²) in [7, 11) is 1.59. The number of nitrogens with zero attached hydrogens (tertiary/aromatic N) is 1. The van der Waals surface area contributed by atoms with Gasteiger partial charge in [0.2, 0.25) is 12.6 Å². The second kappa shape index (κ2) is 10.8. The Morgan fingerprint density at radius 1 is 0.927 bits per heavy atom. The molecular weight excluding hydrogens is 522 g/mol. The summed E-state index contributed by atoms with van der Waals surface area (Å²) in [5.41, 5.74) is 4.05. The van der Waals surface area contributed by atoms with Gasteiger partial charge >= 0.3 is 0 Å². The van der Waals surface area contributed by atoms with Gasteiger partial charge in [-0.15, -0.1) is 0 Å². The van der Waals surface area contributed by atoms with E-state index >= 15 is 0 Å². The number of amides is 1. The molecule has 41 heavy (non-hydrogen) atoms. The van der Waals surface area contributed by atoms with Gasteiger partial charge in [-0.3, -0.25) is 9.59 Å². The van der Waals surface area contributed by atoms with Crippen molar-refractivity contribution in [1.82, 2.24) is 4.90 Å². The van der Waals surface area contributed by atoms with E-state index < -0.39 is 6.04 Å². The maximum Gasteiger partial charge on any atom is 0.291 e. The van der Waals surface area contributed by atoms with Crippen LogP contribution in [0.5, 0.6) is 23.0 Å². The summed E-state index contributed by atoms with van der Waals surface area (Å²) in [4.78, 5) is 29.7. The molecule has 0 saturated carbocycles. The zero-order valence-electron chi connectivity index (χ0n) is 23.7. The highest BCUT2D eigenvalue weighted by Gasteiger charge is 2.43. The third kappa shape index (κ3) is 4.77. The van der Waals surface area contributed by atoms with E-state index in [0.29, 0.717) is 46.1 Å². The molecule has 0 fully saturated rings. The van der Waals surface area contributed by atoms with Gasteiger partial charge in [-0.1, -0.05) is 31.9 Å². The Kier molecular flexibility index (Phi) is 7.07. The number of carbonyl (C=O) groups excluding carboxylic acids is 1. The first-order valence-corrected chi connectivity index (χ1v) is 14.0. The first-order chi connectivity index (χ1) is 19.9. The number of fused-ring (bicyclic) bond motifs is 3. The molecule has 3 heterocycles. The van der Waals surface area contributed by atoms with Crippen molar-refractivity contribution < 1.29 is 28.2 Å². The van der Waals surface area contributed by atoms with Crippen LogP contribution in [0.3, 0.4) is 0 Å². The second-order valence-corrected chi connectivity index (χ2v) is 10.6. The Hall–Kier alpha value is -4.46. The Bertz CT molecular complexity index is 1710. The van der Waals surface area contributed by atoms with Crippen molar-refractivity contribution in [3.63, 3.8) is 0 Å². The predicted octanol–water partition coefficient (Wildman–Crippen LogP) is 6.46. The van der Waals surface area contributed by atoms with Crippen molar-refractivity contribution in [3.8, 4) is 23.0 Å². The van der Waals surface area contributed by atoms with Crippen LogP contribution in [0.25, 0.3) is 11.0 Å². The molecule has 0 bridgehead atoms. The number of carbonyl (C=O) groups is 1. The smallest absolute Gasteiger partial charge is 0.291 e. The van der Waals surface area contributed by atoms with Gasteiger partial charge in [0.25, 0.3) is 5.91 Å². The van der Waals surface area contributed by atoms with Crippen molar-refractivity contribution in [2.24, 2.45) is 0 Å². The second-order valence-electron chi connectivity index (χ2n) is 10.6. The van der Waals surface area contributed by atoms with Gasteiger partial charge < -0.3 is 28.3 Å². The van der Waals surface area contributed by atoms with Crippen molar-refractivity contribution in [2.75, 3.05) is 20.5 Å². The van der Waals surface area contributed by atoms with Crippen LogP contribution in [-0.4, -0.2) is 31.3 Å². The minimum absolute atomic E-state index is 0.0651. The van der Waals surface area contributed by atoms with Gasteiger partial charge in [0, 0.05) is 6.54 Å². The predicted molar refractivity (Wildman–Crippen MR) is 154 cm³/mol. The summed E-state index contributed by atoms with van der Waals surface area (Å²) >= 11 is 0. The van der Waals surface area contributed by atoms with Crippen molar-refractivity contribution in [1.29, 1.82) is 0 Å². The summed E-state index contributed by atoms with van der Waals surface area (Å²) in [6.07, 6.45) is 3.13. The number of unbranched alkanes of at least 4 members (excludes halogenated alkanes) is 2. The van der Waals surface area contributed by atoms with Crippen molar-refractivity contribution in [3.05, 3.63) is 92.3 Å². The van der Waals surface area contributed by atoms with E-state index in [4.69, 9.17) is 23.4 Å². The molecule has 1 amide bonds. The third-order valence-corrected chi connectivity index (χ3v) is 7.88. The lowest BCUT2D eigenvalue weighted by Crippen LogP contribution is -2.29. The molecule has 2 aliphatic rings. The summed E-state index contributed by atoms with van der Waals surface area (Å²) in [5, 5.41) is 0.456. The number of rotatable bonds is 9. The molecule has 3 aromatic carbocycles. The highest BCUT2D eigenvalue weighted by atomic mass is 16.7. The zero-order chi connectivity index (χ0) is 28.7. The third-order valence-electron chi connectivity index (χ3n) is 7.88. The van der Waals surface area contributed by atoms with Gasteiger partial charge in [0.05, 0.1) is 30.7 Å². The standard InChI is InChI=1S/C33H33NO7/c1-5-6-7-12-38-24-11-9-22(16-27(24)37-4)30-29-31(35)23-13-19(2)20(3)14-26(23)41-32(29)33(36)34(30)17-21-8-10-25-28(15-21)40-18-39-25/h8-11,13-16,30H,5-7,12,17-18H2,1-4H3. The van der Waals surface area contributed by atoms with Crippen molar-refractivity contribution in [2.45, 2.75) is 52.6 Å². The van der Waals surface area contributed by atoms with Gasteiger partial charge in [0.1, 0.15) is 5.58 Å². The van der Waals surface area contributed by atoms with E-state index in [1.54, 1.807) is 12.0 Å². The number of hydrogen-bond donors (Lipinski definition) is 0. The summed E-state index contributed by atoms with van der Waals surface area (Å²) in [5.74, 6) is 2.17. The number of methoxy groups -OCH3 is 1. The van der Waals surface area contributed by atoms with E-state index in [9.17, 15) is 9.59 Å². The molecule has 2 aliphatic heterocycles. The van der Waals surface area contributed by atoms with E-state index in [2.05, 4.69) is 6.92 Å².